The Labute approximate surface area is 191 Å². The SMILES string of the molecule is Cc1ccccc1-n1c(C)[n+](C)c2ccc3ccc4cc5c(cc4c3c21)oc1ccccc15. The van der Waals surface area contributed by atoms with Crippen molar-refractivity contribution in [1.82, 2.24) is 4.57 Å². The zero-order valence-corrected chi connectivity index (χ0v) is 18.9. The van der Waals surface area contributed by atoms with E-state index in [1.165, 1.54) is 60.4 Å². The van der Waals surface area contributed by atoms with Crippen LogP contribution in [0.5, 0.6) is 0 Å². The van der Waals surface area contributed by atoms with Crippen molar-refractivity contribution < 1.29 is 8.98 Å². The summed E-state index contributed by atoms with van der Waals surface area (Å²) in [6, 6.07) is 30.4. The number of nitrogens with zero attached hydrogens (tertiary/aromatic N) is 2. The molecular weight excluding hydrogens is 404 g/mol. The minimum Gasteiger partial charge on any atom is -0.456 e. The van der Waals surface area contributed by atoms with Gasteiger partial charge in [0.2, 0.25) is 0 Å². The molecule has 0 aliphatic carbocycles. The number of benzene rings is 5. The van der Waals surface area contributed by atoms with Crippen LogP contribution in [0.3, 0.4) is 0 Å². The molecule has 0 aliphatic heterocycles. The van der Waals surface area contributed by atoms with Gasteiger partial charge in [-0.05, 0) is 65.0 Å². The molecule has 0 bridgehead atoms. The van der Waals surface area contributed by atoms with Crippen LogP contribution in [-0.4, -0.2) is 4.57 Å². The van der Waals surface area contributed by atoms with E-state index in [-0.39, 0.29) is 0 Å². The summed E-state index contributed by atoms with van der Waals surface area (Å²) < 4.78 is 11.0. The Bertz CT molecular complexity index is 1900. The van der Waals surface area contributed by atoms with Crippen LogP contribution in [0.25, 0.3) is 60.2 Å². The summed E-state index contributed by atoms with van der Waals surface area (Å²) in [6.45, 7) is 4.38. The first-order chi connectivity index (χ1) is 16.1. The fourth-order valence-electron chi connectivity index (χ4n) is 5.43. The molecule has 0 saturated carbocycles. The Balaban J connectivity index is 1.72. The molecule has 7 aromatic rings. The molecule has 0 fully saturated rings. The van der Waals surface area contributed by atoms with Gasteiger partial charge in [-0.2, -0.15) is 4.57 Å². The van der Waals surface area contributed by atoms with Gasteiger partial charge < -0.3 is 4.42 Å². The van der Waals surface area contributed by atoms with E-state index in [0.29, 0.717) is 0 Å². The van der Waals surface area contributed by atoms with Crippen LogP contribution in [0.15, 0.2) is 89.3 Å². The Kier molecular flexibility index (Phi) is 3.61. The summed E-state index contributed by atoms with van der Waals surface area (Å²) in [5, 5.41) is 7.28. The van der Waals surface area contributed by atoms with Gasteiger partial charge in [-0.3, -0.25) is 0 Å². The van der Waals surface area contributed by atoms with Crippen molar-refractivity contribution in [3.05, 3.63) is 96.3 Å². The Morgan fingerprint density at radius 3 is 2.33 bits per heavy atom. The van der Waals surface area contributed by atoms with Crippen LogP contribution < -0.4 is 4.57 Å². The van der Waals surface area contributed by atoms with E-state index in [2.05, 4.69) is 103 Å². The quantitative estimate of drug-likeness (QED) is 0.199. The lowest BCUT2D eigenvalue weighted by molar-refractivity contribution is -0.652. The zero-order chi connectivity index (χ0) is 22.3. The summed E-state index contributed by atoms with van der Waals surface area (Å²) in [5.41, 5.74) is 6.80. The average molecular weight is 428 g/mol. The smallest absolute Gasteiger partial charge is 0.259 e. The maximum Gasteiger partial charge on any atom is 0.259 e. The second-order valence-corrected chi connectivity index (χ2v) is 8.99. The predicted molar refractivity (Wildman–Crippen MR) is 136 cm³/mol. The maximum absolute atomic E-state index is 6.27. The van der Waals surface area contributed by atoms with Crippen molar-refractivity contribution >= 4 is 54.5 Å². The molecule has 0 saturated heterocycles. The van der Waals surface area contributed by atoms with E-state index < -0.39 is 0 Å². The van der Waals surface area contributed by atoms with E-state index in [9.17, 15) is 0 Å². The zero-order valence-electron chi connectivity index (χ0n) is 18.9. The predicted octanol–water partition coefficient (Wildman–Crippen LogP) is 7.28. The molecule has 7 rings (SSSR count). The number of furan rings is 1. The normalized spacial score (nSPS) is 12.1. The second-order valence-electron chi connectivity index (χ2n) is 8.99. The van der Waals surface area contributed by atoms with Gasteiger partial charge >= 0.3 is 0 Å². The molecule has 158 valence electrons. The molecular formula is C30H23N2O+. The fourth-order valence-corrected chi connectivity index (χ4v) is 5.43. The van der Waals surface area contributed by atoms with Crippen LogP contribution in [0.4, 0.5) is 0 Å². The molecule has 2 heterocycles. The molecule has 0 radical (unpaired) electrons. The molecule has 0 amide bonds. The van der Waals surface area contributed by atoms with Crippen molar-refractivity contribution in [3.8, 4) is 5.69 Å². The first-order valence-electron chi connectivity index (χ1n) is 11.4. The third-order valence-corrected chi connectivity index (χ3v) is 7.20. The summed E-state index contributed by atoms with van der Waals surface area (Å²) in [7, 11) is 2.15. The largest absolute Gasteiger partial charge is 0.456 e. The Hall–Kier alpha value is -4.11. The molecule has 0 aliphatic rings. The molecule has 0 unspecified atom stereocenters. The number of hydrogen-bond donors (Lipinski definition) is 0. The average Bonchev–Trinajstić information content (AvgIpc) is 3.32. The van der Waals surface area contributed by atoms with Gasteiger partial charge in [0.25, 0.3) is 5.82 Å². The molecule has 0 spiro atoms. The van der Waals surface area contributed by atoms with Gasteiger partial charge in [-0.25, -0.2) is 4.57 Å². The van der Waals surface area contributed by atoms with Gasteiger partial charge in [-0.15, -0.1) is 0 Å². The summed E-state index contributed by atoms with van der Waals surface area (Å²) >= 11 is 0. The first kappa shape index (κ1) is 18.5. The highest BCUT2D eigenvalue weighted by atomic mass is 16.3. The van der Waals surface area contributed by atoms with Crippen molar-refractivity contribution in [2.75, 3.05) is 0 Å². The number of aryl methyl sites for hydroxylation is 2. The molecule has 0 atom stereocenters. The lowest BCUT2D eigenvalue weighted by Crippen LogP contribution is -2.30. The van der Waals surface area contributed by atoms with Crippen LogP contribution >= 0.6 is 0 Å². The highest BCUT2D eigenvalue weighted by Crippen LogP contribution is 2.38. The third-order valence-electron chi connectivity index (χ3n) is 7.20. The second kappa shape index (κ2) is 6.46. The van der Waals surface area contributed by atoms with E-state index in [1.54, 1.807) is 0 Å². The van der Waals surface area contributed by atoms with Gasteiger partial charge in [0, 0.05) is 23.1 Å². The van der Waals surface area contributed by atoms with Crippen molar-refractivity contribution in [2.24, 2.45) is 7.05 Å². The molecule has 3 heteroatoms. The molecule has 5 aromatic carbocycles. The standard InChI is InChI=1S/C30H23N2O/c1-18-8-4-6-10-25(18)32-19(2)31(3)26-15-14-20-12-13-21-16-24-22-9-5-7-11-27(22)33-28(24)17-23(21)29(20)30(26)32/h4-17H,1-3H3/q+1. The lowest BCUT2D eigenvalue weighted by Gasteiger charge is -2.08. The van der Waals surface area contributed by atoms with Crippen LogP contribution in [-0.2, 0) is 7.05 Å². The molecule has 3 nitrogen and oxygen atoms in total. The monoisotopic (exact) mass is 427 g/mol. The highest BCUT2D eigenvalue weighted by molar-refractivity contribution is 6.22. The number of imidazole rings is 1. The van der Waals surface area contributed by atoms with E-state index in [0.717, 1.165) is 11.2 Å². The minimum atomic E-state index is 0.933. The van der Waals surface area contributed by atoms with Crippen LogP contribution in [0.1, 0.15) is 11.4 Å². The molecule has 33 heavy (non-hydrogen) atoms. The number of hydrogen-bond acceptors (Lipinski definition) is 1. The first-order valence-corrected chi connectivity index (χ1v) is 11.4. The van der Waals surface area contributed by atoms with Crippen LogP contribution in [0, 0.1) is 13.8 Å². The van der Waals surface area contributed by atoms with Gasteiger partial charge in [0.15, 0.2) is 11.0 Å². The fraction of sp³-hybridized carbons (Fsp3) is 0.100. The summed E-state index contributed by atoms with van der Waals surface area (Å²) in [6.07, 6.45) is 0. The molecule has 2 aromatic heterocycles. The maximum atomic E-state index is 6.27. The van der Waals surface area contributed by atoms with E-state index in [1.807, 2.05) is 12.1 Å². The number of aromatic nitrogens is 2. The van der Waals surface area contributed by atoms with E-state index in [4.69, 9.17) is 4.42 Å². The highest BCUT2D eigenvalue weighted by Gasteiger charge is 2.25. The van der Waals surface area contributed by atoms with E-state index >= 15 is 0 Å². The summed E-state index contributed by atoms with van der Waals surface area (Å²) in [4.78, 5) is 0. The Morgan fingerprint density at radius 2 is 1.45 bits per heavy atom. The number of rotatable bonds is 1. The van der Waals surface area contributed by atoms with Gasteiger partial charge in [-0.1, -0.05) is 48.5 Å². The minimum absolute atomic E-state index is 0.933. The third kappa shape index (κ3) is 2.42. The van der Waals surface area contributed by atoms with Crippen molar-refractivity contribution in [3.63, 3.8) is 0 Å². The van der Waals surface area contributed by atoms with Gasteiger partial charge in [0.05, 0.1) is 7.05 Å². The summed E-state index contributed by atoms with van der Waals surface area (Å²) in [5.74, 6) is 1.20. The number of fused-ring (bicyclic) bond motifs is 8. The Morgan fingerprint density at radius 1 is 0.697 bits per heavy atom. The lowest BCUT2D eigenvalue weighted by atomic mass is 9.98. The van der Waals surface area contributed by atoms with Gasteiger partial charge in [0.1, 0.15) is 16.9 Å². The topological polar surface area (TPSA) is 21.9 Å². The van der Waals surface area contributed by atoms with Crippen LogP contribution in [0.2, 0.25) is 0 Å². The molecule has 0 N–H and O–H groups in total. The van der Waals surface area contributed by atoms with Crippen molar-refractivity contribution in [2.45, 2.75) is 13.8 Å². The number of para-hydroxylation sites is 2. The van der Waals surface area contributed by atoms with Crippen molar-refractivity contribution in [1.29, 1.82) is 0 Å².